The third kappa shape index (κ3) is 4.93. The Bertz CT molecular complexity index is 2170. The van der Waals surface area contributed by atoms with E-state index in [4.69, 9.17) is 0 Å². The number of nitrogens with one attached hydrogen (secondary N) is 3. The minimum atomic E-state index is -0.568. The summed E-state index contributed by atoms with van der Waals surface area (Å²) in [6, 6.07) is 16.5. The molecule has 0 atom stereocenters. The van der Waals surface area contributed by atoms with E-state index in [2.05, 4.69) is 40.4 Å². The molecule has 0 spiro atoms. The van der Waals surface area contributed by atoms with Crippen LogP contribution in [0.1, 0.15) is 22.2 Å². The van der Waals surface area contributed by atoms with E-state index in [-0.39, 0.29) is 34.7 Å². The molecule has 6 heterocycles. The fourth-order valence-corrected chi connectivity index (χ4v) is 5.80. The highest BCUT2D eigenvalue weighted by atomic mass is 32.1. The SMILES string of the molecule is CC(=O)c1ccc(-c2ccnc3nc(-c4[nH]nc5ncc(-c6cncc(NC(=O)Cc7ccccc7)c6)c(F)c45)[nH]c23)s1. The number of carbonyl (C=O) groups excluding carboxylic acids is 2. The highest BCUT2D eigenvalue weighted by Crippen LogP contribution is 2.36. The number of hydrogen-bond acceptors (Lipinski definition) is 8. The molecule has 6 aromatic heterocycles. The molecular weight excluding hydrogens is 567 g/mol. The van der Waals surface area contributed by atoms with Crippen molar-refractivity contribution in [2.75, 3.05) is 5.32 Å². The van der Waals surface area contributed by atoms with E-state index < -0.39 is 5.82 Å². The first kappa shape index (κ1) is 26.3. The fraction of sp³-hybridized carbons (Fsp3) is 0.0645. The Hall–Kier alpha value is -5.62. The molecule has 0 aliphatic carbocycles. The minimum Gasteiger partial charge on any atom is -0.335 e. The molecule has 0 radical (unpaired) electrons. The van der Waals surface area contributed by atoms with E-state index in [9.17, 15) is 9.59 Å². The normalized spacial score (nSPS) is 11.3. The monoisotopic (exact) mass is 588 g/mol. The number of nitrogens with zero attached hydrogens (tertiary/aromatic N) is 5. The van der Waals surface area contributed by atoms with Crippen molar-refractivity contribution >= 4 is 50.9 Å². The van der Waals surface area contributed by atoms with Gasteiger partial charge in [0.2, 0.25) is 5.91 Å². The molecule has 0 aliphatic heterocycles. The van der Waals surface area contributed by atoms with Crippen LogP contribution in [0, 0.1) is 5.82 Å². The van der Waals surface area contributed by atoms with Gasteiger partial charge in [-0.05, 0) is 36.8 Å². The average Bonchev–Trinajstić information content (AvgIpc) is 3.76. The van der Waals surface area contributed by atoms with Gasteiger partial charge in [-0.15, -0.1) is 11.3 Å². The number of hydrogen-bond donors (Lipinski definition) is 3. The molecule has 7 rings (SSSR count). The highest BCUT2D eigenvalue weighted by molar-refractivity contribution is 7.17. The molecule has 43 heavy (non-hydrogen) atoms. The van der Waals surface area contributed by atoms with Crippen molar-refractivity contribution in [3.8, 4) is 33.1 Å². The van der Waals surface area contributed by atoms with Crippen LogP contribution >= 0.6 is 11.3 Å². The van der Waals surface area contributed by atoms with Crippen molar-refractivity contribution in [1.82, 2.24) is 35.1 Å². The van der Waals surface area contributed by atoms with Gasteiger partial charge in [-0.2, -0.15) is 5.10 Å². The number of pyridine rings is 3. The zero-order valence-electron chi connectivity index (χ0n) is 22.6. The third-order valence-electron chi connectivity index (χ3n) is 6.91. The first-order valence-electron chi connectivity index (χ1n) is 13.2. The predicted molar refractivity (Wildman–Crippen MR) is 162 cm³/mol. The van der Waals surface area contributed by atoms with Crippen molar-refractivity contribution < 1.29 is 14.0 Å². The number of fused-ring (bicyclic) bond motifs is 2. The summed E-state index contributed by atoms with van der Waals surface area (Å²) < 4.78 is 16.2. The maximum atomic E-state index is 16.2. The summed E-state index contributed by atoms with van der Waals surface area (Å²) in [5.74, 6) is -0.459. The van der Waals surface area contributed by atoms with E-state index >= 15 is 4.39 Å². The zero-order valence-corrected chi connectivity index (χ0v) is 23.4. The second-order valence-corrected chi connectivity index (χ2v) is 10.9. The van der Waals surface area contributed by atoms with Crippen molar-refractivity contribution in [3.63, 3.8) is 0 Å². The lowest BCUT2D eigenvalue weighted by molar-refractivity contribution is -0.115. The largest absolute Gasteiger partial charge is 0.335 e. The number of aromatic nitrogens is 7. The fourth-order valence-electron chi connectivity index (χ4n) is 4.87. The molecular formula is C31H21FN8O2S. The van der Waals surface area contributed by atoms with Gasteiger partial charge in [0.15, 0.2) is 22.9 Å². The molecule has 10 nitrogen and oxygen atoms in total. The van der Waals surface area contributed by atoms with Gasteiger partial charge in [0.25, 0.3) is 0 Å². The number of aromatic amines is 2. The van der Waals surface area contributed by atoms with E-state index in [0.717, 1.165) is 16.0 Å². The number of benzene rings is 1. The lowest BCUT2D eigenvalue weighted by Gasteiger charge is -2.08. The molecule has 0 unspecified atom stereocenters. The summed E-state index contributed by atoms with van der Waals surface area (Å²) >= 11 is 1.38. The van der Waals surface area contributed by atoms with Crippen molar-refractivity contribution in [3.05, 3.63) is 95.6 Å². The molecule has 1 aromatic carbocycles. The molecule has 3 N–H and O–H groups in total. The van der Waals surface area contributed by atoms with Gasteiger partial charge in [-0.25, -0.2) is 19.3 Å². The summed E-state index contributed by atoms with van der Waals surface area (Å²) in [6.07, 6.45) is 6.23. The van der Waals surface area contributed by atoms with Crippen LogP contribution < -0.4 is 5.32 Å². The van der Waals surface area contributed by atoms with Crippen LogP contribution in [-0.4, -0.2) is 46.8 Å². The average molecular weight is 589 g/mol. The Labute approximate surface area is 247 Å². The summed E-state index contributed by atoms with van der Waals surface area (Å²) in [6.45, 7) is 1.53. The molecule has 0 saturated heterocycles. The lowest BCUT2D eigenvalue weighted by atomic mass is 10.1. The Kier molecular flexibility index (Phi) is 6.51. The zero-order chi connectivity index (χ0) is 29.5. The van der Waals surface area contributed by atoms with Gasteiger partial charge in [-0.1, -0.05) is 30.3 Å². The molecule has 12 heteroatoms. The van der Waals surface area contributed by atoms with Gasteiger partial charge in [-0.3, -0.25) is 19.7 Å². The minimum absolute atomic E-state index is 0.00939. The number of anilines is 1. The van der Waals surface area contributed by atoms with Gasteiger partial charge in [0.05, 0.1) is 34.1 Å². The molecule has 0 saturated carbocycles. The molecule has 210 valence electrons. The predicted octanol–water partition coefficient (Wildman–Crippen LogP) is 6.21. The Morgan fingerprint density at radius 1 is 0.977 bits per heavy atom. The molecule has 0 fully saturated rings. The molecule has 7 aromatic rings. The second kappa shape index (κ2) is 10.7. The molecule has 1 amide bonds. The number of Topliss-reactive ketones (excluding diaryl/α,β-unsaturated/α-hetero) is 1. The van der Waals surface area contributed by atoms with E-state index in [1.54, 1.807) is 18.3 Å². The number of amides is 1. The number of rotatable bonds is 7. The first-order valence-corrected chi connectivity index (χ1v) is 14.0. The smallest absolute Gasteiger partial charge is 0.228 e. The van der Waals surface area contributed by atoms with Gasteiger partial charge in [0, 0.05) is 40.2 Å². The van der Waals surface area contributed by atoms with Gasteiger partial charge >= 0.3 is 0 Å². The Morgan fingerprint density at radius 3 is 2.65 bits per heavy atom. The second-order valence-electron chi connectivity index (χ2n) is 9.82. The Morgan fingerprint density at radius 2 is 1.84 bits per heavy atom. The van der Waals surface area contributed by atoms with Crippen LogP contribution in [0.5, 0.6) is 0 Å². The lowest BCUT2D eigenvalue weighted by Crippen LogP contribution is -2.14. The van der Waals surface area contributed by atoms with Gasteiger partial charge < -0.3 is 10.3 Å². The maximum Gasteiger partial charge on any atom is 0.228 e. The summed E-state index contributed by atoms with van der Waals surface area (Å²) in [4.78, 5) is 46.8. The van der Waals surface area contributed by atoms with E-state index in [1.807, 2.05) is 42.5 Å². The molecule has 0 aliphatic rings. The van der Waals surface area contributed by atoms with Crippen LogP contribution in [0.4, 0.5) is 10.1 Å². The van der Waals surface area contributed by atoms with Gasteiger partial charge in [0.1, 0.15) is 11.5 Å². The summed E-state index contributed by atoms with van der Waals surface area (Å²) in [7, 11) is 0. The van der Waals surface area contributed by atoms with Crippen molar-refractivity contribution in [2.45, 2.75) is 13.3 Å². The topological polar surface area (TPSA) is 142 Å². The quantitative estimate of drug-likeness (QED) is 0.188. The number of halogens is 1. The standard InChI is InChI=1S/C31H21FN8O2S/c1-16(41)22-7-8-23(43-22)20-9-10-34-30-27(20)37-31(38-30)28-25-26(32)21(15-35-29(25)40-39-28)18-12-19(14-33-13-18)36-24(42)11-17-5-3-2-4-6-17/h2-10,12-15H,11H2,1H3,(H,36,42)(H,34,37,38)(H,35,39,40). The van der Waals surface area contributed by atoms with Crippen LogP contribution in [0.25, 0.3) is 55.3 Å². The summed E-state index contributed by atoms with van der Waals surface area (Å²) in [5, 5.41) is 10.0. The van der Waals surface area contributed by atoms with E-state index in [0.29, 0.717) is 38.8 Å². The number of imidazole rings is 1. The maximum absolute atomic E-state index is 16.2. The van der Waals surface area contributed by atoms with Crippen LogP contribution in [0.2, 0.25) is 0 Å². The number of thiophene rings is 1. The van der Waals surface area contributed by atoms with Crippen LogP contribution in [0.3, 0.4) is 0 Å². The van der Waals surface area contributed by atoms with Crippen molar-refractivity contribution in [2.24, 2.45) is 0 Å². The first-order chi connectivity index (χ1) is 20.9. The summed E-state index contributed by atoms with van der Waals surface area (Å²) in [5.41, 5.74) is 4.31. The third-order valence-corrected chi connectivity index (χ3v) is 8.13. The Balaban J connectivity index is 1.24. The number of H-pyrrole nitrogens is 2. The number of ketones is 1. The van der Waals surface area contributed by atoms with E-state index in [1.165, 1.54) is 36.9 Å². The van der Waals surface area contributed by atoms with Crippen molar-refractivity contribution in [1.29, 1.82) is 0 Å². The number of carbonyl (C=O) groups is 2. The van der Waals surface area contributed by atoms with Crippen LogP contribution in [-0.2, 0) is 11.2 Å². The van der Waals surface area contributed by atoms with Crippen LogP contribution in [0.15, 0.2) is 79.4 Å². The highest BCUT2D eigenvalue weighted by Gasteiger charge is 2.22. The molecule has 0 bridgehead atoms.